The number of anilines is 2. The molecule has 0 aliphatic carbocycles. The van der Waals surface area contributed by atoms with Crippen molar-refractivity contribution >= 4 is 11.5 Å². The van der Waals surface area contributed by atoms with Gasteiger partial charge in [-0.25, -0.2) is 4.98 Å². The standard InChI is InChI=1S/C12H21N3O/c1-3-13-12-9-11(6-8-15-12)14-7-4-5-10(2)16/h6,8-10,16H,3-5,7H2,1-2H3,(H2,13,14,15). The number of nitrogens with one attached hydrogen (secondary N) is 2. The molecule has 1 rings (SSSR count). The lowest BCUT2D eigenvalue weighted by molar-refractivity contribution is 0.183. The van der Waals surface area contributed by atoms with Crippen molar-refractivity contribution in [2.75, 3.05) is 23.7 Å². The fourth-order valence-corrected chi connectivity index (χ4v) is 1.45. The minimum absolute atomic E-state index is 0.212. The van der Waals surface area contributed by atoms with Crippen LogP contribution in [-0.2, 0) is 0 Å². The molecule has 4 nitrogen and oxygen atoms in total. The monoisotopic (exact) mass is 223 g/mol. The smallest absolute Gasteiger partial charge is 0.127 e. The predicted octanol–water partition coefficient (Wildman–Crippen LogP) is 2.09. The van der Waals surface area contributed by atoms with Gasteiger partial charge in [-0.05, 0) is 32.8 Å². The maximum atomic E-state index is 9.12. The lowest BCUT2D eigenvalue weighted by Gasteiger charge is -2.09. The van der Waals surface area contributed by atoms with E-state index in [9.17, 15) is 0 Å². The summed E-state index contributed by atoms with van der Waals surface area (Å²) in [6.45, 7) is 5.61. The van der Waals surface area contributed by atoms with Crippen molar-refractivity contribution in [2.24, 2.45) is 0 Å². The summed E-state index contributed by atoms with van der Waals surface area (Å²) in [5, 5.41) is 15.6. The molecule has 0 fully saturated rings. The van der Waals surface area contributed by atoms with Crippen molar-refractivity contribution in [1.82, 2.24) is 4.98 Å². The molecule has 0 saturated heterocycles. The summed E-state index contributed by atoms with van der Waals surface area (Å²) in [5.74, 6) is 0.892. The Hall–Kier alpha value is -1.29. The van der Waals surface area contributed by atoms with E-state index in [1.165, 1.54) is 0 Å². The summed E-state index contributed by atoms with van der Waals surface area (Å²) in [4.78, 5) is 4.19. The van der Waals surface area contributed by atoms with Crippen LogP contribution in [0.5, 0.6) is 0 Å². The molecule has 0 radical (unpaired) electrons. The minimum atomic E-state index is -0.212. The van der Waals surface area contributed by atoms with Crippen LogP contribution in [0.2, 0.25) is 0 Å². The van der Waals surface area contributed by atoms with Gasteiger partial charge in [0, 0.05) is 31.0 Å². The van der Waals surface area contributed by atoms with Gasteiger partial charge in [0.1, 0.15) is 5.82 Å². The Morgan fingerprint density at radius 1 is 1.44 bits per heavy atom. The molecular weight excluding hydrogens is 202 g/mol. The number of hydrogen-bond donors (Lipinski definition) is 3. The molecule has 1 aromatic heterocycles. The number of nitrogens with zero attached hydrogens (tertiary/aromatic N) is 1. The molecule has 1 unspecified atom stereocenters. The van der Waals surface area contributed by atoms with Crippen LogP contribution in [-0.4, -0.2) is 29.3 Å². The first-order chi connectivity index (χ1) is 7.72. The molecule has 0 aromatic carbocycles. The topological polar surface area (TPSA) is 57.2 Å². The van der Waals surface area contributed by atoms with Crippen molar-refractivity contribution in [3.8, 4) is 0 Å². The second-order valence-electron chi connectivity index (χ2n) is 3.88. The molecule has 16 heavy (non-hydrogen) atoms. The summed E-state index contributed by atoms with van der Waals surface area (Å²) in [6.07, 6.45) is 3.38. The van der Waals surface area contributed by atoms with Gasteiger partial charge in [0.05, 0.1) is 6.10 Å². The highest BCUT2D eigenvalue weighted by atomic mass is 16.3. The zero-order valence-electron chi connectivity index (χ0n) is 10.0. The largest absolute Gasteiger partial charge is 0.393 e. The van der Waals surface area contributed by atoms with E-state index in [1.807, 2.05) is 26.0 Å². The van der Waals surface area contributed by atoms with E-state index in [2.05, 4.69) is 15.6 Å². The highest BCUT2D eigenvalue weighted by Crippen LogP contribution is 2.11. The number of pyridine rings is 1. The first-order valence-corrected chi connectivity index (χ1v) is 5.84. The number of rotatable bonds is 7. The molecule has 0 aliphatic rings. The van der Waals surface area contributed by atoms with Gasteiger partial charge >= 0.3 is 0 Å². The number of aliphatic hydroxyl groups excluding tert-OH is 1. The SMILES string of the molecule is CCNc1cc(NCCCC(C)O)ccn1. The van der Waals surface area contributed by atoms with Crippen LogP contribution in [0.3, 0.4) is 0 Å². The Labute approximate surface area is 97.1 Å². The molecule has 0 saturated carbocycles. The summed E-state index contributed by atoms with van der Waals surface area (Å²) in [7, 11) is 0. The van der Waals surface area contributed by atoms with Crippen LogP contribution >= 0.6 is 0 Å². The van der Waals surface area contributed by atoms with E-state index in [0.717, 1.165) is 37.4 Å². The van der Waals surface area contributed by atoms with Gasteiger partial charge in [0.2, 0.25) is 0 Å². The summed E-state index contributed by atoms with van der Waals surface area (Å²) < 4.78 is 0. The normalized spacial score (nSPS) is 12.2. The highest BCUT2D eigenvalue weighted by Gasteiger charge is 1.97. The Kier molecular flexibility index (Phi) is 5.64. The Morgan fingerprint density at radius 2 is 2.25 bits per heavy atom. The number of aromatic nitrogens is 1. The van der Waals surface area contributed by atoms with Crippen LogP contribution in [0.4, 0.5) is 11.5 Å². The molecule has 0 amide bonds. The third-order valence-electron chi connectivity index (χ3n) is 2.25. The van der Waals surface area contributed by atoms with E-state index in [0.29, 0.717) is 0 Å². The highest BCUT2D eigenvalue weighted by molar-refractivity contribution is 5.51. The molecule has 0 bridgehead atoms. The summed E-state index contributed by atoms with van der Waals surface area (Å²) in [6, 6.07) is 3.94. The van der Waals surface area contributed by atoms with E-state index in [-0.39, 0.29) is 6.10 Å². The van der Waals surface area contributed by atoms with Gasteiger partial charge in [-0.1, -0.05) is 0 Å². The Bertz CT molecular complexity index is 302. The third-order valence-corrected chi connectivity index (χ3v) is 2.25. The molecule has 1 atom stereocenters. The van der Waals surface area contributed by atoms with Gasteiger partial charge in [-0.15, -0.1) is 0 Å². The molecule has 4 heteroatoms. The van der Waals surface area contributed by atoms with Crippen molar-refractivity contribution in [3.63, 3.8) is 0 Å². The third kappa shape index (κ3) is 4.98. The second-order valence-corrected chi connectivity index (χ2v) is 3.88. The average molecular weight is 223 g/mol. The van der Waals surface area contributed by atoms with E-state index < -0.39 is 0 Å². The maximum absolute atomic E-state index is 9.12. The second kappa shape index (κ2) is 7.06. The molecule has 0 aliphatic heterocycles. The van der Waals surface area contributed by atoms with Crippen molar-refractivity contribution in [2.45, 2.75) is 32.8 Å². The molecule has 1 aromatic rings. The minimum Gasteiger partial charge on any atom is -0.393 e. The maximum Gasteiger partial charge on any atom is 0.127 e. The van der Waals surface area contributed by atoms with E-state index >= 15 is 0 Å². The van der Waals surface area contributed by atoms with Crippen molar-refractivity contribution < 1.29 is 5.11 Å². The van der Waals surface area contributed by atoms with E-state index in [1.54, 1.807) is 6.20 Å². The lowest BCUT2D eigenvalue weighted by atomic mass is 10.2. The van der Waals surface area contributed by atoms with Crippen LogP contribution < -0.4 is 10.6 Å². The van der Waals surface area contributed by atoms with Gasteiger partial charge in [-0.2, -0.15) is 0 Å². The molecule has 0 spiro atoms. The lowest BCUT2D eigenvalue weighted by Crippen LogP contribution is -2.07. The number of hydrogen-bond acceptors (Lipinski definition) is 4. The summed E-state index contributed by atoms with van der Waals surface area (Å²) in [5.41, 5.74) is 1.07. The van der Waals surface area contributed by atoms with Gasteiger partial charge in [0.25, 0.3) is 0 Å². The van der Waals surface area contributed by atoms with Crippen LogP contribution in [0.25, 0.3) is 0 Å². The average Bonchev–Trinajstić information content (AvgIpc) is 2.25. The Morgan fingerprint density at radius 3 is 2.94 bits per heavy atom. The van der Waals surface area contributed by atoms with Gasteiger partial charge in [-0.3, -0.25) is 0 Å². The van der Waals surface area contributed by atoms with Crippen LogP contribution in [0.15, 0.2) is 18.3 Å². The summed E-state index contributed by atoms with van der Waals surface area (Å²) >= 11 is 0. The Balaban J connectivity index is 2.33. The first-order valence-electron chi connectivity index (χ1n) is 5.84. The fourth-order valence-electron chi connectivity index (χ4n) is 1.45. The number of aliphatic hydroxyl groups is 1. The zero-order valence-corrected chi connectivity index (χ0v) is 10.0. The quantitative estimate of drug-likeness (QED) is 0.619. The molecule has 3 N–H and O–H groups in total. The first kappa shape index (κ1) is 12.8. The molecular formula is C12H21N3O. The van der Waals surface area contributed by atoms with Crippen molar-refractivity contribution in [3.05, 3.63) is 18.3 Å². The van der Waals surface area contributed by atoms with Crippen LogP contribution in [0, 0.1) is 0 Å². The van der Waals surface area contributed by atoms with Gasteiger partial charge < -0.3 is 15.7 Å². The van der Waals surface area contributed by atoms with E-state index in [4.69, 9.17) is 5.11 Å². The van der Waals surface area contributed by atoms with Crippen molar-refractivity contribution in [1.29, 1.82) is 0 Å². The molecule has 90 valence electrons. The van der Waals surface area contributed by atoms with Gasteiger partial charge in [0.15, 0.2) is 0 Å². The zero-order chi connectivity index (χ0) is 11.8. The molecule has 1 heterocycles. The predicted molar refractivity (Wildman–Crippen MR) is 67.8 cm³/mol. The fraction of sp³-hybridized carbons (Fsp3) is 0.583. The van der Waals surface area contributed by atoms with Crippen LogP contribution in [0.1, 0.15) is 26.7 Å².